The summed E-state index contributed by atoms with van der Waals surface area (Å²) in [4.78, 5) is 28.1. The molecule has 1 atom stereocenters. The number of benzene rings is 3. The average molecular weight is 556 g/mol. The second-order valence-electron chi connectivity index (χ2n) is 9.15. The molecule has 0 heterocycles. The number of carbonyl (C=O) groups is 2. The van der Waals surface area contributed by atoms with Crippen molar-refractivity contribution in [2.45, 2.75) is 45.1 Å². The molecule has 0 saturated carbocycles. The lowest BCUT2D eigenvalue weighted by Gasteiger charge is -2.32. The molecular weight excluding hydrogens is 522 g/mol. The van der Waals surface area contributed by atoms with E-state index in [0.717, 1.165) is 15.4 Å². The molecule has 0 aliphatic carbocycles. The summed E-state index contributed by atoms with van der Waals surface area (Å²) in [5, 5.41) is 3.11. The minimum absolute atomic E-state index is 0.0582. The van der Waals surface area contributed by atoms with Crippen molar-refractivity contribution in [3.8, 4) is 0 Å². The highest BCUT2D eigenvalue weighted by Gasteiger charge is 2.33. The van der Waals surface area contributed by atoms with Crippen molar-refractivity contribution in [1.29, 1.82) is 0 Å². The molecule has 3 aromatic carbocycles. The highest BCUT2D eigenvalue weighted by Crippen LogP contribution is 2.30. The highest BCUT2D eigenvalue weighted by molar-refractivity contribution is 7.92. The first kappa shape index (κ1) is 29.2. The van der Waals surface area contributed by atoms with Gasteiger partial charge in [-0.25, -0.2) is 8.42 Å². The lowest BCUT2D eigenvalue weighted by Crippen LogP contribution is -2.52. The van der Waals surface area contributed by atoms with E-state index in [1.54, 1.807) is 45.0 Å². The fourth-order valence-electron chi connectivity index (χ4n) is 4.09. The van der Waals surface area contributed by atoms with Crippen LogP contribution in [0.25, 0.3) is 0 Å². The van der Waals surface area contributed by atoms with Gasteiger partial charge in [0.2, 0.25) is 11.8 Å². The van der Waals surface area contributed by atoms with Gasteiger partial charge in [0.1, 0.15) is 12.6 Å². The second-order valence-corrected chi connectivity index (χ2v) is 11.4. The Labute approximate surface area is 230 Å². The molecule has 3 rings (SSSR count). The minimum atomic E-state index is -4.14. The third-order valence-corrected chi connectivity index (χ3v) is 8.34. The van der Waals surface area contributed by atoms with Crippen LogP contribution in [0.5, 0.6) is 0 Å². The standard InChI is InChI=1S/C29H34ClN3O4S/c1-5-31-29(35)23(4)32(18-17-24-9-7-6-8-10-24)28(34)20-33(27-19-25(30)14-13-22(27)3)38(36,37)26-15-11-21(2)12-16-26/h6-16,19,23H,5,17-18,20H2,1-4H3,(H,31,35)/t23-/m0/s1. The number of rotatable bonds is 11. The summed E-state index contributed by atoms with van der Waals surface area (Å²) in [5.41, 5.74) is 2.86. The number of amides is 2. The molecular formula is C29H34ClN3O4S. The van der Waals surface area contributed by atoms with Crippen LogP contribution >= 0.6 is 11.6 Å². The largest absolute Gasteiger partial charge is 0.355 e. The molecule has 0 spiro atoms. The van der Waals surface area contributed by atoms with Crippen LogP contribution in [0, 0.1) is 13.8 Å². The zero-order valence-corrected chi connectivity index (χ0v) is 23.7. The Bertz CT molecular complexity index is 1360. The van der Waals surface area contributed by atoms with Crippen molar-refractivity contribution in [2.75, 3.05) is 23.9 Å². The molecule has 3 aromatic rings. The maximum atomic E-state index is 13.9. The van der Waals surface area contributed by atoms with Gasteiger partial charge < -0.3 is 10.2 Å². The van der Waals surface area contributed by atoms with Gasteiger partial charge in [0.15, 0.2) is 0 Å². The summed E-state index contributed by atoms with van der Waals surface area (Å²) in [6.07, 6.45) is 0.511. The molecule has 0 aliphatic heterocycles. The maximum absolute atomic E-state index is 13.9. The first-order valence-corrected chi connectivity index (χ1v) is 14.3. The Balaban J connectivity index is 2.02. The Kier molecular flexibility index (Phi) is 9.94. The Morgan fingerprint density at radius 1 is 0.974 bits per heavy atom. The lowest BCUT2D eigenvalue weighted by atomic mass is 10.1. The van der Waals surface area contributed by atoms with Crippen LogP contribution < -0.4 is 9.62 Å². The molecule has 0 aromatic heterocycles. The van der Waals surface area contributed by atoms with Gasteiger partial charge in [-0.05, 0) is 69.5 Å². The van der Waals surface area contributed by atoms with Gasteiger partial charge in [0.05, 0.1) is 10.6 Å². The van der Waals surface area contributed by atoms with Crippen LogP contribution in [0.3, 0.4) is 0 Å². The molecule has 38 heavy (non-hydrogen) atoms. The smallest absolute Gasteiger partial charge is 0.264 e. The Morgan fingerprint density at radius 2 is 1.63 bits per heavy atom. The predicted octanol–water partition coefficient (Wildman–Crippen LogP) is 4.75. The van der Waals surface area contributed by atoms with Crippen LogP contribution in [-0.2, 0) is 26.0 Å². The summed E-state index contributed by atoms with van der Waals surface area (Å²) in [5.74, 6) is -0.796. The number of halogens is 1. The van der Waals surface area contributed by atoms with Gasteiger partial charge in [-0.3, -0.25) is 13.9 Å². The molecule has 0 unspecified atom stereocenters. The number of nitrogens with one attached hydrogen (secondary N) is 1. The topological polar surface area (TPSA) is 86.8 Å². The van der Waals surface area contributed by atoms with E-state index in [1.807, 2.05) is 37.3 Å². The average Bonchev–Trinajstić information content (AvgIpc) is 2.89. The number of hydrogen-bond donors (Lipinski definition) is 1. The third kappa shape index (κ3) is 7.14. The Hall–Kier alpha value is -3.36. The van der Waals surface area contributed by atoms with Crippen LogP contribution in [0.15, 0.2) is 77.7 Å². The molecule has 0 radical (unpaired) electrons. The predicted molar refractivity (Wildman–Crippen MR) is 152 cm³/mol. The summed E-state index contributed by atoms with van der Waals surface area (Å²) in [6.45, 7) is 7.25. The lowest BCUT2D eigenvalue weighted by molar-refractivity contribution is -0.138. The van der Waals surface area contributed by atoms with Crippen LogP contribution in [-0.4, -0.2) is 50.8 Å². The fourth-order valence-corrected chi connectivity index (χ4v) is 5.73. The number of likely N-dealkylation sites (N-methyl/N-ethyl adjacent to an activating group) is 1. The van der Waals surface area contributed by atoms with Crippen LogP contribution in [0.1, 0.15) is 30.5 Å². The van der Waals surface area contributed by atoms with E-state index in [-0.39, 0.29) is 17.3 Å². The zero-order chi connectivity index (χ0) is 27.9. The first-order valence-electron chi connectivity index (χ1n) is 12.5. The number of hydrogen-bond acceptors (Lipinski definition) is 4. The van der Waals surface area contributed by atoms with E-state index in [4.69, 9.17) is 11.6 Å². The normalized spacial score (nSPS) is 12.0. The second kappa shape index (κ2) is 12.9. The Morgan fingerprint density at radius 3 is 2.26 bits per heavy atom. The van der Waals surface area contributed by atoms with Crippen LogP contribution in [0.2, 0.25) is 5.02 Å². The zero-order valence-electron chi connectivity index (χ0n) is 22.1. The fraction of sp³-hybridized carbons (Fsp3) is 0.310. The highest BCUT2D eigenvalue weighted by atomic mass is 35.5. The maximum Gasteiger partial charge on any atom is 0.264 e. The van der Waals surface area contributed by atoms with Gasteiger partial charge >= 0.3 is 0 Å². The van der Waals surface area contributed by atoms with E-state index in [1.165, 1.54) is 23.1 Å². The molecule has 7 nitrogen and oxygen atoms in total. The molecule has 0 bridgehead atoms. The van der Waals surface area contributed by atoms with Crippen molar-refractivity contribution in [1.82, 2.24) is 10.2 Å². The van der Waals surface area contributed by atoms with E-state index >= 15 is 0 Å². The van der Waals surface area contributed by atoms with Gasteiger partial charge in [0.25, 0.3) is 10.0 Å². The van der Waals surface area contributed by atoms with Gasteiger partial charge in [-0.2, -0.15) is 0 Å². The summed E-state index contributed by atoms with van der Waals surface area (Å²) in [7, 11) is -4.14. The molecule has 2 amide bonds. The van der Waals surface area contributed by atoms with Crippen LogP contribution in [0.4, 0.5) is 5.69 Å². The number of anilines is 1. The molecule has 0 fully saturated rings. The van der Waals surface area contributed by atoms with Gasteiger partial charge in [0, 0.05) is 18.1 Å². The van der Waals surface area contributed by atoms with E-state index < -0.39 is 28.5 Å². The number of aryl methyl sites for hydroxylation is 2. The van der Waals surface area contributed by atoms with E-state index in [9.17, 15) is 18.0 Å². The van der Waals surface area contributed by atoms with Crippen molar-refractivity contribution >= 4 is 39.1 Å². The molecule has 202 valence electrons. The minimum Gasteiger partial charge on any atom is -0.355 e. The quantitative estimate of drug-likeness (QED) is 0.370. The summed E-state index contributed by atoms with van der Waals surface area (Å²) in [6, 6.07) is 20.2. The summed E-state index contributed by atoms with van der Waals surface area (Å²) >= 11 is 6.25. The van der Waals surface area contributed by atoms with Crippen molar-refractivity contribution < 1.29 is 18.0 Å². The van der Waals surface area contributed by atoms with Crippen molar-refractivity contribution in [3.05, 3.63) is 94.5 Å². The van der Waals surface area contributed by atoms with E-state index in [0.29, 0.717) is 29.2 Å². The van der Waals surface area contributed by atoms with Gasteiger partial charge in [-0.15, -0.1) is 0 Å². The van der Waals surface area contributed by atoms with Crippen molar-refractivity contribution in [3.63, 3.8) is 0 Å². The molecule has 0 aliphatic rings. The number of sulfonamides is 1. The molecule has 0 saturated heterocycles. The van der Waals surface area contributed by atoms with Crippen molar-refractivity contribution in [2.24, 2.45) is 0 Å². The summed E-state index contributed by atoms with van der Waals surface area (Å²) < 4.78 is 28.9. The van der Waals surface area contributed by atoms with E-state index in [2.05, 4.69) is 5.32 Å². The number of nitrogens with zero attached hydrogens (tertiary/aromatic N) is 2. The molecule has 1 N–H and O–H groups in total. The van der Waals surface area contributed by atoms with Gasteiger partial charge in [-0.1, -0.05) is 65.7 Å². The molecule has 9 heteroatoms. The SMILES string of the molecule is CCNC(=O)[C@H](C)N(CCc1ccccc1)C(=O)CN(c1cc(Cl)ccc1C)S(=O)(=O)c1ccc(C)cc1. The third-order valence-electron chi connectivity index (χ3n) is 6.33. The monoisotopic (exact) mass is 555 g/mol. The first-order chi connectivity index (χ1) is 18.0. The number of carbonyl (C=O) groups excluding carboxylic acids is 2.